The predicted molar refractivity (Wildman–Crippen MR) is 83.2 cm³/mol. The number of hydrogen-bond acceptors (Lipinski definition) is 3. The zero-order valence-electron chi connectivity index (χ0n) is 13.1. The molecule has 112 valence electrons. The zero-order valence-corrected chi connectivity index (χ0v) is 13.1. The highest BCUT2D eigenvalue weighted by molar-refractivity contribution is 5.30. The van der Waals surface area contributed by atoms with Crippen LogP contribution in [0.15, 0.2) is 18.3 Å². The second-order valence-corrected chi connectivity index (χ2v) is 6.29. The number of aromatic nitrogens is 1. The van der Waals surface area contributed by atoms with Crippen LogP contribution in [0.25, 0.3) is 0 Å². The van der Waals surface area contributed by atoms with Crippen LogP contribution in [0.3, 0.4) is 0 Å². The van der Waals surface area contributed by atoms with Gasteiger partial charge < -0.3 is 10.1 Å². The third-order valence-corrected chi connectivity index (χ3v) is 4.24. The zero-order chi connectivity index (χ0) is 14.4. The monoisotopic (exact) mass is 276 g/mol. The Kier molecular flexibility index (Phi) is 5.84. The highest BCUT2D eigenvalue weighted by Gasteiger charge is 2.29. The van der Waals surface area contributed by atoms with Crippen molar-refractivity contribution in [3.63, 3.8) is 0 Å². The topological polar surface area (TPSA) is 34.1 Å². The Labute approximate surface area is 123 Å². The first-order valence-corrected chi connectivity index (χ1v) is 7.92. The summed E-state index contributed by atoms with van der Waals surface area (Å²) in [7, 11) is 1.75. The van der Waals surface area contributed by atoms with E-state index in [-0.39, 0.29) is 0 Å². The molecule has 1 N–H and O–H groups in total. The lowest BCUT2D eigenvalue weighted by Gasteiger charge is -2.32. The normalized spacial score (nSPS) is 23.0. The maximum atomic E-state index is 5.51. The molecule has 1 aromatic rings. The van der Waals surface area contributed by atoms with Crippen LogP contribution in [0.4, 0.5) is 0 Å². The summed E-state index contributed by atoms with van der Waals surface area (Å²) in [5.41, 5.74) is 1.16. The highest BCUT2D eigenvalue weighted by Crippen LogP contribution is 2.39. The Morgan fingerprint density at radius 2 is 2.15 bits per heavy atom. The van der Waals surface area contributed by atoms with Gasteiger partial charge in [-0.25, -0.2) is 0 Å². The molecule has 1 fully saturated rings. The van der Waals surface area contributed by atoms with Crippen LogP contribution in [0.1, 0.15) is 51.1 Å². The minimum absolute atomic E-state index is 0.541. The van der Waals surface area contributed by atoms with E-state index in [9.17, 15) is 0 Å². The summed E-state index contributed by atoms with van der Waals surface area (Å²) in [5, 5.41) is 3.62. The minimum atomic E-state index is 0.541. The van der Waals surface area contributed by atoms with E-state index < -0.39 is 0 Å². The van der Waals surface area contributed by atoms with Crippen molar-refractivity contribution in [2.75, 3.05) is 20.2 Å². The SMILES string of the molecule is COc1cccnc1C1CCCCC1CNCC(C)C. The lowest BCUT2D eigenvalue weighted by Crippen LogP contribution is -2.32. The van der Waals surface area contributed by atoms with E-state index in [1.165, 1.54) is 25.7 Å². The van der Waals surface area contributed by atoms with Crippen LogP contribution in [-0.4, -0.2) is 25.2 Å². The summed E-state index contributed by atoms with van der Waals surface area (Å²) in [5.74, 6) is 2.89. The summed E-state index contributed by atoms with van der Waals surface area (Å²) in [6.45, 7) is 6.71. The molecule has 0 bridgehead atoms. The third-order valence-electron chi connectivity index (χ3n) is 4.24. The molecule has 3 nitrogen and oxygen atoms in total. The van der Waals surface area contributed by atoms with Crippen LogP contribution in [-0.2, 0) is 0 Å². The van der Waals surface area contributed by atoms with Crippen LogP contribution in [0.2, 0.25) is 0 Å². The fourth-order valence-corrected chi connectivity index (χ4v) is 3.22. The summed E-state index contributed by atoms with van der Waals surface area (Å²) >= 11 is 0. The van der Waals surface area contributed by atoms with Gasteiger partial charge in [0.1, 0.15) is 5.75 Å². The van der Waals surface area contributed by atoms with E-state index in [2.05, 4.69) is 24.1 Å². The lowest BCUT2D eigenvalue weighted by atomic mass is 9.77. The van der Waals surface area contributed by atoms with E-state index in [1.54, 1.807) is 7.11 Å². The van der Waals surface area contributed by atoms with Crippen LogP contribution < -0.4 is 10.1 Å². The molecule has 1 saturated carbocycles. The number of pyridine rings is 1. The Bertz CT molecular complexity index is 406. The fraction of sp³-hybridized carbons (Fsp3) is 0.706. The van der Waals surface area contributed by atoms with Gasteiger partial charge in [-0.15, -0.1) is 0 Å². The van der Waals surface area contributed by atoms with E-state index >= 15 is 0 Å². The molecule has 0 saturated heterocycles. The summed E-state index contributed by atoms with van der Waals surface area (Å²) < 4.78 is 5.51. The van der Waals surface area contributed by atoms with Crippen molar-refractivity contribution >= 4 is 0 Å². The first-order chi connectivity index (χ1) is 9.72. The van der Waals surface area contributed by atoms with Crippen molar-refractivity contribution in [3.8, 4) is 5.75 Å². The average molecular weight is 276 g/mol. The summed E-state index contributed by atoms with van der Waals surface area (Å²) in [6.07, 6.45) is 7.09. The molecule has 1 heterocycles. The minimum Gasteiger partial charge on any atom is -0.495 e. The number of nitrogens with one attached hydrogen (secondary N) is 1. The van der Waals surface area contributed by atoms with E-state index in [4.69, 9.17) is 4.74 Å². The standard InChI is InChI=1S/C17H28N2O/c1-13(2)11-18-12-14-7-4-5-8-15(14)17-16(20-3)9-6-10-19-17/h6,9-10,13-15,18H,4-5,7-8,11-12H2,1-3H3. The van der Waals surface area contributed by atoms with Gasteiger partial charge in [-0.3, -0.25) is 4.98 Å². The molecule has 2 atom stereocenters. The van der Waals surface area contributed by atoms with Crippen LogP contribution in [0.5, 0.6) is 5.75 Å². The van der Waals surface area contributed by atoms with Gasteiger partial charge >= 0.3 is 0 Å². The summed E-state index contributed by atoms with van der Waals surface area (Å²) in [4.78, 5) is 4.61. The number of hydrogen-bond donors (Lipinski definition) is 1. The van der Waals surface area contributed by atoms with Crippen molar-refractivity contribution in [1.82, 2.24) is 10.3 Å². The number of nitrogens with zero attached hydrogens (tertiary/aromatic N) is 1. The molecule has 0 aromatic carbocycles. The number of rotatable bonds is 6. The lowest BCUT2D eigenvalue weighted by molar-refractivity contribution is 0.280. The quantitative estimate of drug-likeness (QED) is 0.862. The molecular weight excluding hydrogens is 248 g/mol. The molecule has 1 aliphatic carbocycles. The molecule has 2 rings (SSSR count). The highest BCUT2D eigenvalue weighted by atomic mass is 16.5. The second-order valence-electron chi connectivity index (χ2n) is 6.29. The molecule has 1 aliphatic rings. The number of ether oxygens (including phenoxy) is 1. The fourth-order valence-electron chi connectivity index (χ4n) is 3.22. The van der Waals surface area contributed by atoms with Gasteiger partial charge in [-0.05, 0) is 49.9 Å². The molecule has 3 heteroatoms. The smallest absolute Gasteiger partial charge is 0.140 e. The molecule has 0 radical (unpaired) electrons. The molecule has 0 spiro atoms. The largest absolute Gasteiger partial charge is 0.495 e. The Balaban J connectivity index is 2.06. The molecule has 1 aromatic heterocycles. The van der Waals surface area contributed by atoms with Gasteiger partial charge in [0.2, 0.25) is 0 Å². The molecule has 0 amide bonds. The van der Waals surface area contributed by atoms with Gasteiger partial charge in [0, 0.05) is 12.1 Å². The van der Waals surface area contributed by atoms with Gasteiger partial charge in [0.05, 0.1) is 12.8 Å². The van der Waals surface area contributed by atoms with Crippen molar-refractivity contribution in [1.29, 1.82) is 0 Å². The maximum absolute atomic E-state index is 5.51. The first kappa shape index (κ1) is 15.3. The Morgan fingerprint density at radius 3 is 2.90 bits per heavy atom. The predicted octanol–water partition coefficient (Wildman–Crippen LogP) is 3.61. The van der Waals surface area contributed by atoms with E-state index in [0.717, 1.165) is 24.5 Å². The van der Waals surface area contributed by atoms with Gasteiger partial charge in [0.25, 0.3) is 0 Å². The first-order valence-electron chi connectivity index (χ1n) is 7.92. The average Bonchev–Trinajstić information content (AvgIpc) is 2.47. The Hall–Kier alpha value is -1.09. The van der Waals surface area contributed by atoms with E-state index in [0.29, 0.717) is 17.8 Å². The maximum Gasteiger partial charge on any atom is 0.140 e. The van der Waals surface area contributed by atoms with Crippen molar-refractivity contribution in [2.45, 2.75) is 45.4 Å². The molecular formula is C17H28N2O. The van der Waals surface area contributed by atoms with E-state index in [1.807, 2.05) is 18.3 Å². The van der Waals surface area contributed by atoms with Crippen molar-refractivity contribution in [3.05, 3.63) is 24.0 Å². The van der Waals surface area contributed by atoms with Crippen molar-refractivity contribution in [2.24, 2.45) is 11.8 Å². The van der Waals surface area contributed by atoms with Crippen molar-refractivity contribution < 1.29 is 4.74 Å². The van der Waals surface area contributed by atoms with Crippen LogP contribution >= 0.6 is 0 Å². The second kappa shape index (κ2) is 7.63. The van der Waals surface area contributed by atoms with Gasteiger partial charge in [-0.1, -0.05) is 26.7 Å². The molecule has 0 aliphatic heterocycles. The summed E-state index contributed by atoms with van der Waals surface area (Å²) in [6, 6.07) is 3.99. The Morgan fingerprint density at radius 1 is 1.35 bits per heavy atom. The van der Waals surface area contributed by atoms with Gasteiger partial charge in [0.15, 0.2) is 0 Å². The third kappa shape index (κ3) is 3.95. The van der Waals surface area contributed by atoms with Gasteiger partial charge in [-0.2, -0.15) is 0 Å². The van der Waals surface area contributed by atoms with Crippen LogP contribution in [0, 0.1) is 11.8 Å². The number of methoxy groups -OCH3 is 1. The molecule has 20 heavy (non-hydrogen) atoms. The molecule has 2 unspecified atom stereocenters.